The summed E-state index contributed by atoms with van der Waals surface area (Å²) >= 11 is 0. The molecule has 4 unspecified atom stereocenters. The maximum Gasteiger partial charge on any atom is 0.207 e. The van der Waals surface area contributed by atoms with Crippen molar-refractivity contribution in [2.75, 3.05) is 177 Å². The van der Waals surface area contributed by atoms with Crippen LogP contribution in [0.15, 0.2) is 0 Å². The van der Waals surface area contributed by atoms with Gasteiger partial charge in [-0.25, -0.2) is 16.8 Å². The summed E-state index contributed by atoms with van der Waals surface area (Å²) in [6.45, 7) is 42.9. The third-order valence-corrected chi connectivity index (χ3v) is 40.1. The predicted molar refractivity (Wildman–Crippen MR) is 323 cm³/mol. The fourth-order valence-electron chi connectivity index (χ4n) is 4.37. The van der Waals surface area contributed by atoms with Crippen LogP contribution in [0.25, 0.3) is 0 Å². The third kappa shape index (κ3) is 80.5. The molecule has 0 fully saturated rings. The molecule has 438 valence electrons. The first kappa shape index (κ1) is 89.1. The summed E-state index contributed by atoms with van der Waals surface area (Å²) in [7, 11) is -25.0. The normalized spacial score (nSPS) is 14.9. The van der Waals surface area contributed by atoms with Gasteiger partial charge in [0.25, 0.3) is 0 Å². The van der Waals surface area contributed by atoms with Crippen molar-refractivity contribution in [1.29, 1.82) is 0 Å². The molecule has 4 atom stereocenters. The summed E-state index contributed by atoms with van der Waals surface area (Å²) < 4.78 is 158. The Hall–Kier alpha value is 1.46. The number of sulfone groups is 2. The Bertz CT molecular complexity index is 2240. The molecule has 0 saturated carbocycles. The highest BCUT2D eigenvalue weighted by molar-refractivity contribution is 7.99. The van der Waals surface area contributed by atoms with E-state index in [9.17, 15) is 72.1 Å². The average molecular weight is 1260 g/mol. The van der Waals surface area contributed by atoms with E-state index in [4.69, 9.17) is 4.52 Å². The molecular weight excluding hydrogens is 1150 g/mol. The van der Waals surface area contributed by atoms with Gasteiger partial charge in [0.05, 0.1) is 93.3 Å². The molecule has 0 aliphatic carbocycles. The van der Waals surface area contributed by atoms with Crippen molar-refractivity contribution in [3.63, 3.8) is 0 Å². The van der Waals surface area contributed by atoms with E-state index >= 15 is 0 Å². The molecule has 0 bridgehead atoms. The first-order chi connectivity index (χ1) is 30.1. The monoisotopic (exact) mass is 1260 g/mol. The molecule has 0 aliphatic heterocycles. The SMILES string of the molecule is CC(=O)C(C)P(C)(C)=O.CC(=O)CP(C)(C)=O.CC(P(C)(C)=O)P(C)(C)=O.CC(P(C)(C)=O)S(C)(=O)=O.CCC(C)NC.COP(C)(=O)CP(C)(C)=O.CP(C)(=O)CP(C)(C)=O.CP(C)(=O)CS(C)(=O)=O. The van der Waals surface area contributed by atoms with Crippen LogP contribution in [0.3, 0.4) is 0 Å². The maximum atomic E-state index is 11.4. The van der Waals surface area contributed by atoms with Gasteiger partial charge in [0, 0.05) is 32.3 Å². The third-order valence-electron chi connectivity index (χ3n) is 8.73. The summed E-state index contributed by atoms with van der Waals surface area (Å²) in [5, 5.41) is 2.99. The summed E-state index contributed by atoms with van der Waals surface area (Å²) in [5.41, 5.74) is -0.447. The Kier molecular flexibility index (Phi) is 45.9. The number of nitrogens with one attached hydrogen (secondary N) is 1. The largest absolute Gasteiger partial charge is 0.332 e. The molecule has 0 rings (SSSR count). The smallest absolute Gasteiger partial charge is 0.207 e. The van der Waals surface area contributed by atoms with Gasteiger partial charge in [0.15, 0.2) is 19.7 Å². The zero-order valence-electron chi connectivity index (χ0n) is 49.6. The molecule has 0 aromatic carbocycles. The van der Waals surface area contributed by atoms with Crippen LogP contribution in [0.5, 0.6) is 0 Å². The second-order valence-electron chi connectivity index (χ2n) is 21.9. The zero-order chi connectivity index (χ0) is 60.4. The van der Waals surface area contributed by atoms with Crippen molar-refractivity contribution in [2.24, 2.45) is 0 Å². The van der Waals surface area contributed by atoms with Gasteiger partial charge in [-0.3, -0.25) is 14.2 Å². The maximum absolute atomic E-state index is 11.4. The zero-order valence-corrected chi connectivity index (χ0v) is 60.2. The highest BCUT2D eigenvalue weighted by Gasteiger charge is 2.29. The van der Waals surface area contributed by atoms with Crippen LogP contribution in [-0.2, 0) is 79.4 Å². The number of ketones is 2. The van der Waals surface area contributed by atoms with Crippen molar-refractivity contribution >= 4 is 103 Å². The quantitative estimate of drug-likeness (QED) is 0.132. The van der Waals surface area contributed by atoms with E-state index < -0.39 is 96.3 Å². The highest BCUT2D eigenvalue weighted by atomic mass is 32.2. The van der Waals surface area contributed by atoms with Gasteiger partial charge in [-0.05, 0) is 175 Å². The van der Waals surface area contributed by atoms with Gasteiger partial charge >= 0.3 is 0 Å². The number of hydrogen-bond acceptors (Lipinski definition) is 18. The van der Waals surface area contributed by atoms with Gasteiger partial charge < -0.3 is 50.9 Å². The van der Waals surface area contributed by atoms with Crippen LogP contribution in [0.4, 0.5) is 0 Å². The van der Waals surface area contributed by atoms with Gasteiger partial charge in [-0.2, -0.15) is 0 Å². The lowest BCUT2D eigenvalue weighted by Gasteiger charge is -2.20. The van der Waals surface area contributed by atoms with Crippen LogP contribution in [0.1, 0.15) is 54.9 Å². The highest BCUT2D eigenvalue weighted by Crippen LogP contribution is 2.60. The molecular formula is C41H105NO17P10S2. The Morgan fingerprint density at radius 3 is 0.831 bits per heavy atom. The Labute approximate surface area is 436 Å². The van der Waals surface area contributed by atoms with Crippen LogP contribution >= 0.6 is 71.6 Å². The molecule has 0 heterocycles. The summed E-state index contributed by atoms with van der Waals surface area (Å²) in [5.74, 6) is 0.637. The summed E-state index contributed by atoms with van der Waals surface area (Å²) in [6.07, 6.45) is 3.66. The molecule has 0 saturated heterocycles. The minimum Gasteiger partial charge on any atom is -0.332 e. The molecule has 0 aliphatic rings. The molecule has 0 amide bonds. The molecule has 1 N–H and O–H groups in total. The molecule has 71 heavy (non-hydrogen) atoms. The van der Waals surface area contributed by atoms with Crippen LogP contribution in [-0.4, -0.2) is 227 Å². The van der Waals surface area contributed by atoms with Crippen LogP contribution in [0, 0.1) is 0 Å². The standard InChI is InChI=1S/C6H16O2P2.C6H13O2P.C5H13N.C5H14O3P2.C5H13O3PS.C5H14O2P2.C5H11O2P.C4H11O3PS/c1-6(9(2,3)7)10(4,5)8;1-5(7)6(2)9(3,4)8;1-4-5(2)6-3;1-8-10(4,7)5-9(2,3)6;1-5(9(2,3)6)10(4,7)8;1-8(2,6)5-9(3,4)7;1-5(6)4-8(2,3)7;1-8(2,5)4-9(3,6)7/h6H,1-5H3;6H,1-4H3;5-6H,4H2,1-3H3;5H2,1-4H3;5H,1-4H3;5H2,1-4H3;4H2,1-3H3;4H2,1-3H3. The van der Waals surface area contributed by atoms with E-state index in [-0.39, 0.29) is 40.2 Å². The van der Waals surface area contributed by atoms with Crippen molar-refractivity contribution in [3.8, 4) is 0 Å². The minimum absolute atomic E-state index is 0.0123. The lowest BCUT2D eigenvalue weighted by molar-refractivity contribution is -0.116. The number of carbonyl (C=O) groups is 2. The molecule has 0 aromatic rings. The molecule has 30 heteroatoms. The van der Waals surface area contributed by atoms with Crippen LogP contribution in [0.2, 0.25) is 0 Å². The average Bonchev–Trinajstić information content (AvgIpc) is 3.01. The minimum atomic E-state index is -3.12. The number of Topliss-reactive ketones (excluding diaryl/α,β-unsaturated/α-hetero) is 2. The van der Waals surface area contributed by atoms with Crippen molar-refractivity contribution in [2.45, 2.75) is 77.0 Å². The lowest BCUT2D eigenvalue weighted by Crippen LogP contribution is -2.19. The topological polar surface area (TPSA) is 294 Å². The first-order valence-electron chi connectivity index (χ1n) is 22.1. The van der Waals surface area contributed by atoms with Gasteiger partial charge in [0.2, 0.25) is 7.37 Å². The van der Waals surface area contributed by atoms with Crippen molar-refractivity contribution in [1.82, 2.24) is 5.32 Å². The van der Waals surface area contributed by atoms with E-state index in [1.807, 2.05) is 14.0 Å². The van der Waals surface area contributed by atoms with E-state index in [2.05, 4.69) is 19.2 Å². The predicted octanol–water partition coefficient (Wildman–Crippen LogP) is 12.3. The molecule has 0 aromatic heterocycles. The van der Waals surface area contributed by atoms with Gasteiger partial charge in [-0.15, -0.1) is 0 Å². The Morgan fingerprint density at radius 2 is 0.817 bits per heavy atom. The van der Waals surface area contributed by atoms with E-state index in [1.54, 1.807) is 100 Å². The first-order valence-corrected chi connectivity index (χ1v) is 53.0. The second-order valence-corrected chi connectivity index (χ2v) is 63.2. The molecule has 0 radical (unpaired) electrons. The number of rotatable bonds is 17. The molecule has 18 nitrogen and oxygen atoms in total. The van der Waals surface area contributed by atoms with Crippen LogP contribution < -0.4 is 5.32 Å². The Morgan fingerprint density at radius 1 is 0.507 bits per heavy atom. The number of carbonyl (C=O) groups excluding carboxylic acids is 2. The van der Waals surface area contributed by atoms with E-state index in [0.717, 1.165) is 12.5 Å². The van der Waals surface area contributed by atoms with Crippen molar-refractivity contribution in [3.05, 3.63) is 0 Å². The summed E-state index contributed by atoms with van der Waals surface area (Å²) in [4.78, 5) is 20.2. The fraction of sp³-hybridized carbons (Fsp3) is 0.951. The molecule has 0 spiro atoms. The van der Waals surface area contributed by atoms with Gasteiger partial charge in [-0.1, -0.05) is 6.92 Å². The van der Waals surface area contributed by atoms with E-state index in [0.29, 0.717) is 11.9 Å². The fourth-order valence-corrected chi connectivity index (χ4v) is 31.9. The van der Waals surface area contributed by atoms with E-state index in [1.165, 1.54) is 67.6 Å². The second kappa shape index (κ2) is 36.6. The summed E-state index contributed by atoms with van der Waals surface area (Å²) in [6, 6.07) is 0.685. The van der Waals surface area contributed by atoms with Gasteiger partial charge in [0.1, 0.15) is 22.1 Å². The van der Waals surface area contributed by atoms with Crippen molar-refractivity contribution < 1.29 is 76.6 Å². The number of hydrogen-bond donors (Lipinski definition) is 1. The lowest BCUT2D eigenvalue weighted by atomic mass is 10.3. The Balaban J connectivity index is -0.000000107.